The van der Waals surface area contributed by atoms with Gasteiger partial charge in [-0.05, 0) is 0 Å². The molecule has 2 rings (SSSR count). The quantitative estimate of drug-likeness (QED) is 0.756. The largest absolute Gasteiger partial charge is 0.492 e. The van der Waals surface area contributed by atoms with E-state index >= 15 is 0 Å². The molecule has 1 atom stereocenters. The number of nitrogens with zero attached hydrogens (tertiary/aromatic N) is 1. The molecular weight excluding hydrogens is 230 g/mol. The van der Waals surface area contributed by atoms with Gasteiger partial charge < -0.3 is 9.64 Å². The highest BCUT2D eigenvalue weighted by Crippen LogP contribution is 2.20. The third-order valence-electron chi connectivity index (χ3n) is 3.05. The molecule has 0 spiro atoms. The van der Waals surface area contributed by atoms with Gasteiger partial charge in [0.2, 0.25) is 5.78 Å². The van der Waals surface area contributed by atoms with E-state index in [1.165, 1.54) is 7.11 Å². The fraction of sp³-hybridized carbons (Fsp3) is 0.286. The van der Waals surface area contributed by atoms with Gasteiger partial charge in [0, 0.05) is 25.2 Å². The van der Waals surface area contributed by atoms with E-state index in [0.717, 1.165) is 0 Å². The third-order valence-corrected chi connectivity index (χ3v) is 3.05. The van der Waals surface area contributed by atoms with Crippen LogP contribution in [0.4, 0.5) is 0 Å². The van der Waals surface area contributed by atoms with Crippen LogP contribution in [0.2, 0.25) is 0 Å². The van der Waals surface area contributed by atoms with Gasteiger partial charge >= 0.3 is 0 Å². The van der Waals surface area contributed by atoms with Gasteiger partial charge in [-0.25, -0.2) is 0 Å². The highest BCUT2D eigenvalue weighted by atomic mass is 16.5. The summed E-state index contributed by atoms with van der Waals surface area (Å²) in [7, 11) is 3.23. The summed E-state index contributed by atoms with van der Waals surface area (Å²) >= 11 is 0. The summed E-state index contributed by atoms with van der Waals surface area (Å²) in [5, 5.41) is 0. The Morgan fingerprint density at radius 2 is 2.00 bits per heavy atom. The summed E-state index contributed by atoms with van der Waals surface area (Å²) in [6.45, 7) is 0. The summed E-state index contributed by atoms with van der Waals surface area (Å²) in [6, 6.07) is 8.54. The number of ether oxygens (including phenoxy) is 1. The first-order chi connectivity index (χ1) is 8.63. The van der Waals surface area contributed by atoms with Crippen molar-refractivity contribution in [3.05, 3.63) is 47.9 Å². The lowest BCUT2D eigenvalue weighted by atomic mass is 10.0. The predicted octanol–water partition coefficient (Wildman–Crippen LogP) is 1.63. The van der Waals surface area contributed by atoms with Gasteiger partial charge in [-0.3, -0.25) is 9.59 Å². The van der Waals surface area contributed by atoms with E-state index in [9.17, 15) is 9.59 Å². The molecule has 1 aromatic rings. The van der Waals surface area contributed by atoms with Crippen molar-refractivity contribution in [3.63, 3.8) is 0 Å². The fourth-order valence-electron chi connectivity index (χ4n) is 2.00. The van der Waals surface area contributed by atoms with Crippen LogP contribution in [0.25, 0.3) is 0 Å². The molecule has 0 radical (unpaired) electrons. The number of carbonyl (C=O) groups is 2. The Balaban J connectivity index is 2.08. The van der Waals surface area contributed by atoms with Crippen LogP contribution in [0.5, 0.6) is 0 Å². The lowest BCUT2D eigenvalue weighted by Crippen LogP contribution is -2.32. The fourth-order valence-corrected chi connectivity index (χ4v) is 2.00. The van der Waals surface area contributed by atoms with Crippen molar-refractivity contribution in [2.24, 2.45) is 0 Å². The standard InChI is InChI=1S/C14H15NO3/c1-15-9-13(18-2)14(17)11(15)8-12(16)10-6-4-3-5-7-10/h3-7,9,11H,8H2,1-2H3. The highest BCUT2D eigenvalue weighted by Gasteiger charge is 2.34. The Hall–Kier alpha value is -2.10. The zero-order valence-corrected chi connectivity index (χ0v) is 10.4. The molecular formula is C14H15NO3. The summed E-state index contributed by atoms with van der Waals surface area (Å²) in [4.78, 5) is 25.7. The predicted molar refractivity (Wildman–Crippen MR) is 67.0 cm³/mol. The van der Waals surface area contributed by atoms with Gasteiger partial charge in [-0.2, -0.15) is 0 Å². The first-order valence-corrected chi connectivity index (χ1v) is 5.73. The molecule has 1 aliphatic rings. The number of rotatable bonds is 4. The molecule has 1 heterocycles. The first-order valence-electron chi connectivity index (χ1n) is 5.73. The Morgan fingerprint density at radius 3 is 2.56 bits per heavy atom. The molecule has 1 unspecified atom stereocenters. The van der Waals surface area contributed by atoms with Crippen molar-refractivity contribution >= 4 is 11.6 Å². The average Bonchev–Trinajstić information content (AvgIpc) is 2.67. The van der Waals surface area contributed by atoms with E-state index in [-0.39, 0.29) is 18.0 Å². The van der Waals surface area contributed by atoms with Gasteiger partial charge in [-0.1, -0.05) is 30.3 Å². The number of hydrogen-bond acceptors (Lipinski definition) is 4. The van der Waals surface area contributed by atoms with E-state index in [1.807, 2.05) is 18.2 Å². The summed E-state index contributed by atoms with van der Waals surface area (Å²) < 4.78 is 4.97. The maximum Gasteiger partial charge on any atom is 0.221 e. The normalized spacial score (nSPS) is 18.8. The minimum atomic E-state index is -0.451. The summed E-state index contributed by atoms with van der Waals surface area (Å²) in [5.74, 6) is 0.138. The Labute approximate surface area is 106 Å². The molecule has 94 valence electrons. The number of Topliss-reactive ketones (excluding diaryl/α,β-unsaturated/α-hetero) is 2. The van der Waals surface area contributed by atoms with Crippen molar-refractivity contribution in [1.29, 1.82) is 0 Å². The molecule has 0 amide bonds. The van der Waals surface area contributed by atoms with Gasteiger partial charge in [0.05, 0.1) is 7.11 Å². The van der Waals surface area contributed by atoms with Crippen molar-refractivity contribution in [3.8, 4) is 0 Å². The van der Waals surface area contributed by atoms with Crippen molar-refractivity contribution in [2.45, 2.75) is 12.5 Å². The second-order valence-corrected chi connectivity index (χ2v) is 4.24. The Morgan fingerprint density at radius 1 is 1.33 bits per heavy atom. The molecule has 0 saturated carbocycles. The average molecular weight is 245 g/mol. The van der Waals surface area contributed by atoms with Crippen LogP contribution in [0.1, 0.15) is 16.8 Å². The molecule has 0 saturated heterocycles. The number of benzene rings is 1. The topological polar surface area (TPSA) is 46.6 Å². The molecule has 0 aromatic heterocycles. The number of methoxy groups -OCH3 is 1. The van der Waals surface area contributed by atoms with Gasteiger partial charge in [0.15, 0.2) is 11.5 Å². The molecule has 1 aromatic carbocycles. The van der Waals surface area contributed by atoms with Crippen LogP contribution in [-0.4, -0.2) is 36.7 Å². The number of carbonyl (C=O) groups excluding carboxylic acids is 2. The van der Waals surface area contributed by atoms with Gasteiger partial charge in [0.25, 0.3) is 0 Å². The van der Waals surface area contributed by atoms with E-state index in [2.05, 4.69) is 0 Å². The lowest BCUT2D eigenvalue weighted by molar-refractivity contribution is -0.120. The van der Waals surface area contributed by atoms with E-state index in [4.69, 9.17) is 4.74 Å². The minimum absolute atomic E-state index is 0.0356. The van der Waals surface area contributed by atoms with Crippen molar-refractivity contribution < 1.29 is 14.3 Å². The Kier molecular flexibility index (Phi) is 3.46. The molecule has 4 nitrogen and oxygen atoms in total. The van der Waals surface area contributed by atoms with Crippen LogP contribution >= 0.6 is 0 Å². The molecule has 0 fully saturated rings. The van der Waals surface area contributed by atoms with E-state index < -0.39 is 6.04 Å². The molecule has 4 heteroatoms. The lowest BCUT2D eigenvalue weighted by Gasteiger charge is -2.17. The van der Waals surface area contributed by atoms with Crippen LogP contribution in [-0.2, 0) is 9.53 Å². The number of hydrogen-bond donors (Lipinski definition) is 0. The highest BCUT2D eigenvalue weighted by molar-refractivity contribution is 6.05. The molecule has 18 heavy (non-hydrogen) atoms. The van der Waals surface area contributed by atoms with Crippen LogP contribution in [0, 0.1) is 0 Å². The molecule has 0 N–H and O–H groups in total. The second-order valence-electron chi connectivity index (χ2n) is 4.24. The Bertz CT molecular complexity index is 493. The van der Waals surface area contributed by atoms with Crippen molar-refractivity contribution in [1.82, 2.24) is 4.90 Å². The molecule has 0 bridgehead atoms. The maximum atomic E-state index is 12.0. The van der Waals surface area contributed by atoms with E-state index in [1.54, 1.807) is 30.3 Å². The smallest absolute Gasteiger partial charge is 0.221 e. The summed E-state index contributed by atoms with van der Waals surface area (Å²) in [6.07, 6.45) is 1.80. The maximum absolute atomic E-state index is 12.0. The van der Waals surface area contributed by atoms with Gasteiger partial charge in [0.1, 0.15) is 6.04 Å². The summed E-state index contributed by atoms with van der Waals surface area (Å²) in [5.41, 5.74) is 0.629. The van der Waals surface area contributed by atoms with Crippen LogP contribution in [0.3, 0.4) is 0 Å². The van der Waals surface area contributed by atoms with Crippen LogP contribution < -0.4 is 0 Å². The third kappa shape index (κ3) is 2.27. The second kappa shape index (κ2) is 5.04. The zero-order chi connectivity index (χ0) is 13.1. The van der Waals surface area contributed by atoms with E-state index in [0.29, 0.717) is 11.3 Å². The number of likely N-dealkylation sites (N-methyl/N-ethyl adjacent to an activating group) is 1. The first kappa shape index (κ1) is 12.4. The van der Waals surface area contributed by atoms with Crippen LogP contribution in [0.15, 0.2) is 42.3 Å². The molecule has 1 aliphatic heterocycles. The minimum Gasteiger partial charge on any atom is -0.492 e. The molecule has 0 aliphatic carbocycles. The number of ketones is 2. The van der Waals surface area contributed by atoms with Crippen molar-refractivity contribution in [2.75, 3.05) is 14.2 Å². The SMILES string of the molecule is COC1=CN(C)C(CC(=O)c2ccccc2)C1=O. The van der Waals surface area contributed by atoms with Gasteiger partial charge in [-0.15, -0.1) is 0 Å². The monoisotopic (exact) mass is 245 g/mol. The zero-order valence-electron chi connectivity index (χ0n) is 10.4.